The Hall–Kier alpha value is -3.00. The summed E-state index contributed by atoms with van der Waals surface area (Å²) in [7, 11) is 1.54. The number of halogens is 1. The number of methoxy groups -OCH3 is 1. The zero-order valence-corrected chi connectivity index (χ0v) is 13.5. The second-order valence-electron chi connectivity index (χ2n) is 5.11. The van der Waals surface area contributed by atoms with Gasteiger partial charge in [0.05, 0.1) is 17.1 Å². The van der Waals surface area contributed by atoms with Gasteiger partial charge in [-0.1, -0.05) is 12.1 Å². The lowest BCUT2D eigenvalue weighted by Crippen LogP contribution is -2.13. The number of nitrogens with zero attached hydrogens (tertiary/aromatic N) is 1. The van der Waals surface area contributed by atoms with Crippen LogP contribution in [0.3, 0.4) is 0 Å². The molecule has 25 heavy (non-hydrogen) atoms. The van der Waals surface area contributed by atoms with Gasteiger partial charge in [0.25, 0.3) is 5.69 Å². The topological polar surface area (TPSA) is 90.7 Å². The molecule has 0 fully saturated rings. The molecule has 0 aliphatic heterocycles. The Kier molecular flexibility index (Phi) is 6.41. The molecular weight excluding hydrogens is 331 g/mol. The van der Waals surface area contributed by atoms with Crippen LogP contribution in [0, 0.1) is 15.9 Å². The van der Waals surface area contributed by atoms with Crippen LogP contribution in [0.4, 0.5) is 15.8 Å². The van der Waals surface area contributed by atoms with Crippen LogP contribution >= 0.6 is 0 Å². The van der Waals surface area contributed by atoms with Gasteiger partial charge >= 0.3 is 5.97 Å². The Morgan fingerprint density at radius 3 is 2.60 bits per heavy atom. The summed E-state index contributed by atoms with van der Waals surface area (Å²) in [5.74, 6) is -1.11. The number of hydrogen-bond acceptors (Lipinski definition) is 6. The van der Waals surface area contributed by atoms with Gasteiger partial charge < -0.3 is 14.8 Å². The molecule has 0 saturated heterocycles. The number of ether oxygens (including phenoxy) is 2. The molecule has 2 aromatic carbocycles. The number of nitrogens with one attached hydrogen (secondary N) is 1. The zero-order chi connectivity index (χ0) is 18.2. The first-order valence-corrected chi connectivity index (χ1v) is 7.44. The van der Waals surface area contributed by atoms with Crippen LogP contribution < -0.4 is 5.32 Å². The van der Waals surface area contributed by atoms with E-state index in [4.69, 9.17) is 9.47 Å². The van der Waals surface area contributed by atoms with E-state index in [9.17, 15) is 19.3 Å². The van der Waals surface area contributed by atoms with Crippen molar-refractivity contribution >= 4 is 17.3 Å². The molecule has 0 aliphatic rings. The highest BCUT2D eigenvalue weighted by Gasteiger charge is 2.18. The van der Waals surface area contributed by atoms with Crippen LogP contribution in [0.2, 0.25) is 0 Å². The van der Waals surface area contributed by atoms with Crippen LogP contribution in [0.25, 0.3) is 0 Å². The first-order chi connectivity index (χ1) is 12.0. The van der Waals surface area contributed by atoms with Crippen molar-refractivity contribution in [2.45, 2.75) is 6.61 Å². The van der Waals surface area contributed by atoms with Crippen molar-refractivity contribution in [2.24, 2.45) is 0 Å². The predicted octanol–water partition coefficient (Wildman–Crippen LogP) is 3.15. The summed E-state index contributed by atoms with van der Waals surface area (Å²) in [6.45, 7) is 0.757. The second-order valence-corrected chi connectivity index (χ2v) is 5.11. The molecule has 0 atom stereocenters. The Labute approximate surface area is 143 Å². The molecule has 132 valence electrons. The Bertz CT molecular complexity index is 749. The van der Waals surface area contributed by atoms with E-state index in [0.29, 0.717) is 24.4 Å². The smallest absolute Gasteiger partial charge is 0.340 e. The maximum Gasteiger partial charge on any atom is 0.340 e. The molecule has 8 heteroatoms. The SMILES string of the molecule is COCCNc1ccc([N+](=O)[O-])cc1C(=O)OCc1ccc(F)cc1. The molecule has 0 unspecified atom stereocenters. The predicted molar refractivity (Wildman–Crippen MR) is 89.0 cm³/mol. The van der Waals surface area contributed by atoms with Crippen LogP contribution in [0.15, 0.2) is 42.5 Å². The van der Waals surface area contributed by atoms with Crippen molar-refractivity contribution in [1.29, 1.82) is 0 Å². The number of benzene rings is 2. The van der Waals surface area contributed by atoms with Crippen molar-refractivity contribution in [3.05, 3.63) is 69.5 Å². The fourth-order valence-electron chi connectivity index (χ4n) is 2.06. The van der Waals surface area contributed by atoms with Gasteiger partial charge in [-0.05, 0) is 23.8 Å². The van der Waals surface area contributed by atoms with Crippen molar-refractivity contribution in [1.82, 2.24) is 0 Å². The molecule has 2 aromatic rings. The highest BCUT2D eigenvalue weighted by molar-refractivity contribution is 5.96. The summed E-state index contributed by atoms with van der Waals surface area (Å²) in [5, 5.41) is 13.9. The highest BCUT2D eigenvalue weighted by Crippen LogP contribution is 2.23. The number of carbonyl (C=O) groups is 1. The average molecular weight is 348 g/mol. The summed E-state index contributed by atoms with van der Waals surface area (Å²) in [5.41, 5.74) is 0.847. The van der Waals surface area contributed by atoms with E-state index in [1.807, 2.05) is 0 Å². The molecule has 0 spiro atoms. The van der Waals surface area contributed by atoms with Gasteiger partial charge in [0, 0.05) is 31.5 Å². The number of carbonyl (C=O) groups excluding carboxylic acids is 1. The number of non-ortho nitro benzene ring substituents is 1. The standard InChI is InChI=1S/C17H17FN2O5/c1-24-9-8-19-16-7-6-14(20(22)23)10-15(16)17(21)25-11-12-2-4-13(18)5-3-12/h2-7,10,19H,8-9,11H2,1H3. The third-order valence-electron chi connectivity index (χ3n) is 3.34. The van der Waals surface area contributed by atoms with E-state index in [1.54, 1.807) is 0 Å². The van der Waals surface area contributed by atoms with Crippen LogP contribution in [0.5, 0.6) is 0 Å². The number of esters is 1. The number of nitro benzene ring substituents is 1. The molecule has 0 radical (unpaired) electrons. The van der Waals surface area contributed by atoms with E-state index in [2.05, 4.69) is 5.32 Å². The van der Waals surface area contributed by atoms with Gasteiger partial charge in [-0.2, -0.15) is 0 Å². The Balaban J connectivity index is 2.14. The molecule has 0 aromatic heterocycles. The molecule has 0 aliphatic carbocycles. The Morgan fingerprint density at radius 2 is 1.96 bits per heavy atom. The third-order valence-corrected chi connectivity index (χ3v) is 3.34. The number of rotatable bonds is 8. The van der Waals surface area contributed by atoms with E-state index >= 15 is 0 Å². The van der Waals surface area contributed by atoms with Crippen molar-refractivity contribution in [3.8, 4) is 0 Å². The summed E-state index contributed by atoms with van der Waals surface area (Å²) >= 11 is 0. The van der Waals surface area contributed by atoms with Crippen molar-refractivity contribution in [2.75, 3.05) is 25.6 Å². The molecular formula is C17H17FN2O5. The molecule has 0 saturated carbocycles. The van der Waals surface area contributed by atoms with Gasteiger partial charge in [0.15, 0.2) is 0 Å². The van der Waals surface area contributed by atoms with Gasteiger partial charge in [0.1, 0.15) is 12.4 Å². The summed E-state index contributed by atoms with van der Waals surface area (Å²) in [6, 6.07) is 9.40. The lowest BCUT2D eigenvalue weighted by molar-refractivity contribution is -0.384. The van der Waals surface area contributed by atoms with E-state index in [0.717, 1.165) is 6.07 Å². The molecule has 2 rings (SSSR count). The van der Waals surface area contributed by atoms with Crippen LogP contribution in [-0.4, -0.2) is 31.2 Å². The van der Waals surface area contributed by atoms with Crippen molar-refractivity contribution < 1.29 is 23.6 Å². The fraction of sp³-hybridized carbons (Fsp3) is 0.235. The molecule has 0 amide bonds. The van der Waals surface area contributed by atoms with Crippen LogP contribution in [-0.2, 0) is 16.1 Å². The normalized spacial score (nSPS) is 10.3. The maximum atomic E-state index is 12.9. The lowest BCUT2D eigenvalue weighted by Gasteiger charge is -2.11. The minimum absolute atomic E-state index is 0.0485. The quantitative estimate of drug-likeness (QED) is 0.341. The fourth-order valence-corrected chi connectivity index (χ4v) is 2.06. The van der Waals surface area contributed by atoms with Crippen LogP contribution in [0.1, 0.15) is 15.9 Å². The minimum Gasteiger partial charge on any atom is -0.457 e. The molecule has 0 bridgehead atoms. The van der Waals surface area contributed by atoms with E-state index in [-0.39, 0.29) is 17.9 Å². The van der Waals surface area contributed by atoms with Gasteiger partial charge in [-0.3, -0.25) is 10.1 Å². The molecule has 0 heterocycles. The Morgan fingerprint density at radius 1 is 1.24 bits per heavy atom. The third kappa shape index (κ3) is 5.25. The summed E-state index contributed by atoms with van der Waals surface area (Å²) in [4.78, 5) is 22.7. The van der Waals surface area contributed by atoms with Gasteiger partial charge in [-0.15, -0.1) is 0 Å². The zero-order valence-electron chi connectivity index (χ0n) is 13.5. The molecule has 7 nitrogen and oxygen atoms in total. The number of nitro groups is 1. The number of hydrogen-bond donors (Lipinski definition) is 1. The average Bonchev–Trinajstić information content (AvgIpc) is 2.61. The van der Waals surface area contributed by atoms with Gasteiger partial charge in [0.2, 0.25) is 0 Å². The van der Waals surface area contributed by atoms with E-state index in [1.165, 1.54) is 43.5 Å². The van der Waals surface area contributed by atoms with E-state index < -0.39 is 16.7 Å². The number of anilines is 1. The van der Waals surface area contributed by atoms with Gasteiger partial charge in [-0.25, -0.2) is 9.18 Å². The maximum absolute atomic E-state index is 12.9. The molecule has 1 N–H and O–H groups in total. The summed E-state index contributed by atoms with van der Waals surface area (Å²) < 4.78 is 23.0. The second kappa shape index (κ2) is 8.74. The monoisotopic (exact) mass is 348 g/mol. The van der Waals surface area contributed by atoms with Crippen molar-refractivity contribution in [3.63, 3.8) is 0 Å². The highest BCUT2D eigenvalue weighted by atomic mass is 19.1. The first kappa shape index (κ1) is 18.3. The summed E-state index contributed by atoms with van der Waals surface area (Å²) in [6.07, 6.45) is 0. The lowest BCUT2D eigenvalue weighted by atomic mass is 10.1. The largest absolute Gasteiger partial charge is 0.457 e. The first-order valence-electron chi connectivity index (χ1n) is 7.44. The minimum atomic E-state index is -0.715.